The van der Waals surface area contributed by atoms with E-state index in [1.165, 1.54) is 4.90 Å². The summed E-state index contributed by atoms with van der Waals surface area (Å²) in [4.78, 5) is 20.6. The Labute approximate surface area is 162 Å². The fourth-order valence-corrected chi connectivity index (χ4v) is 4.58. The molecular formula is C21H19ClN2OS. The second-order valence-electron chi connectivity index (χ2n) is 6.44. The number of carbonyl (C=O) groups is 1. The van der Waals surface area contributed by atoms with Crippen LogP contribution in [0.1, 0.15) is 23.2 Å². The van der Waals surface area contributed by atoms with Gasteiger partial charge in [0.25, 0.3) is 5.91 Å². The first-order valence-corrected chi connectivity index (χ1v) is 10.0. The third-order valence-corrected chi connectivity index (χ3v) is 6.31. The number of fused-ring (bicyclic) bond motifs is 1. The molecule has 0 bridgehead atoms. The Balaban J connectivity index is 1.42. The smallest absolute Gasteiger partial charge is 0.256 e. The number of thioether (sulfide) groups is 1. The highest BCUT2D eigenvalue weighted by Gasteiger charge is 2.25. The molecule has 3 aromatic rings. The van der Waals surface area contributed by atoms with Crippen molar-refractivity contribution < 1.29 is 4.79 Å². The lowest BCUT2D eigenvalue weighted by Crippen LogP contribution is -2.39. The van der Waals surface area contributed by atoms with Crippen molar-refractivity contribution in [2.75, 3.05) is 13.1 Å². The lowest BCUT2D eigenvalue weighted by Gasteiger charge is -2.32. The van der Waals surface area contributed by atoms with Crippen LogP contribution >= 0.6 is 23.4 Å². The number of para-hydroxylation sites is 1. The summed E-state index contributed by atoms with van der Waals surface area (Å²) >= 11 is 7.83. The minimum atomic E-state index is 0.0873. The third kappa shape index (κ3) is 3.71. The van der Waals surface area contributed by atoms with Gasteiger partial charge in [0.15, 0.2) is 0 Å². The van der Waals surface area contributed by atoms with E-state index in [2.05, 4.69) is 17.1 Å². The SMILES string of the molecule is O=C(c1cccc2cccnc12)N1CCC(Sc2ccc(Cl)cc2)CC1. The van der Waals surface area contributed by atoms with Crippen LogP contribution in [0.2, 0.25) is 5.02 Å². The van der Waals surface area contributed by atoms with Crippen molar-refractivity contribution in [3.05, 3.63) is 71.4 Å². The average Bonchev–Trinajstić information content (AvgIpc) is 2.69. The number of carbonyl (C=O) groups excluding carboxylic acids is 1. The molecule has 0 saturated carbocycles. The molecular weight excluding hydrogens is 364 g/mol. The first kappa shape index (κ1) is 17.4. The van der Waals surface area contributed by atoms with E-state index in [0.29, 0.717) is 10.8 Å². The summed E-state index contributed by atoms with van der Waals surface area (Å²) in [5, 5.41) is 2.30. The minimum absolute atomic E-state index is 0.0873. The first-order chi connectivity index (χ1) is 12.7. The molecule has 4 rings (SSSR count). The normalized spacial score (nSPS) is 15.3. The number of pyridine rings is 1. The van der Waals surface area contributed by atoms with Crippen LogP contribution in [0.5, 0.6) is 0 Å². The predicted octanol–water partition coefficient (Wildman–Crippen LogP) is 5.29. The number of benzene rings is 2. The van der Waals surface area contributed by atoms with Crippen molar-refractivity contribution >= 4 is 40.2 Å². The van der Waals surface area contributed by atoms with Gasteiger partial charge in [0.05, 0.1) is 11.1 Å². The zero-order valence-corrected chi connectivity index (χ0v) is 15.8. The van der Waals surface area contributed by atoms with E-state index in [1.807, 2.05) is 59.1 Å². The molecule has 132 valence electrons. The van der Waals surface area contributed by atoms with Crippen LogP contribution in [0.4, 0.5) is 0 Å². The molecule has 1 aliphatic heterocycles. The van der Waals surface area contributed by atoms with Crippen LogP contribution in [-0.2, 0) is 0 Å². The maximum atomic E-state index is 13.0. The van der Waals surface area contributed by atoms with Crippen molar-refractivity contribution in [3.63, 3.8) is 0 Å². The Morgan fingerprint density at radius 3 is 2.54 bits per heavy atom. The molecule has 2 aromatic carbocycles. The van der Waals surface area contributed by atoms with Gasteiger partial charge in [0, 0.05) is 39.8 Å². The van der Waals surface area contributed by atoms with Gasteiger partial charge in [0.2, 0.25) is 0 Å². The van der Waals surface area contributed by atoms with Crippen LogP contribution in [0.3, 0.4) is 0 Å². The number of rotatable bonds is 3. The van der Waals surface area contributed by atoms with Crippen LogP contribution in [0, 0.1) is 0 Å². The number of piperidine rings is 1. The first-order valence-electron chi connectivity index (χ1n) is 8.76. The number of aromatic nitrogens is 1. The summed E-state index contributed by atoms with van der Waals surface area (Å²) in [7, 11) is 0. The minimum Gasteiger partial charge on any atom is -0.338 e. The Bertz CT molecular complexity index is 915. The monoisotopic (exact) mass is 382 g/mol. The van der Waals surface area contributed by atoms with Crippen molar-refractivity contribution in [2.24, 2.45) is 0 Å². The van der Waals surface area contributed by atoms with E-state index in [-0.39, 0.29) is 5.91 Å². The second-order valence-corrected chi connectivity index (χ2v) is 8.25. The van der Waals surface area contributed by atoms with Gasteiger partial charge < -0.3 is 4.90 Å². The van der Waals surface area contributed by atoms with Gasteiger partial charge in [-0.2, -0.15) is 0 Å². The number of halogens is 1. The number of amides is 1. The van der Waals surface area contributed by atoms with E-state index in [9.17, 15) is 4.79 Å². The van der Waals surface area contributed by atoms with E-state index in [1.54, 1.807) is 6.20 Å². The number of likely N-dealkylation sites (tertiary alicyclic amines) is 1. The van der Waals surface area contributed by atoms with Gasteiger partial charge in [-0.15, -0.1) is 11.8 Å². The molecule has 0 N–H and O–H groups in total. The molecule has 0 atom stereocenters. The molecule has 3 nitrogen and oxygen atoms in total. The van der Waals surface area contributed by atoms with Gasteiger partial charge in [0.1, 0.15) is 0 Å². The predicted molar refractivity (Wildman–Crippen MR) is 108 cm³/mol. The molecule has 0 unspecified atom stereocenters. The van der Waals surface area contributed by atoms with Gasteiger partial charge >= 0.3 is 0 Å². The van der Waals surface area contributed by atoms with Crippen molar-refractivity contribution in [1.82, 2.24) is 9.88 Å². The Morgan fingerprint density at radius 1 is 1.04 bits per heavy atom. The molecule has 1 saturated heterocycles. The Morgan fingerprint density at radius 2 is 1.77 bits per heavy atom. The van der Waals surface area contributed by atoms with Gasteiger partial charge in [-0.05, 0) is 49.2 Å². The highest BCUT2D eigenvalue weighted by Crippen LogP contribution is 2.31. The molecule has 5 heteroatoms. The summed E-state index contributed by atoms with van der Waals surface area (Å²) in [6.07, 6.45) is 3.74. The number of nitrogens with zero attached hydrogens (tertiary/aromatic N) is 2. The lowest BCUT2D eigenvalue weighted by molar-refractivity contribution is 0.0729. The summed E-state index contributed by atoms with van der Waals surface area (Å²) in [6.45, 7) is 1.57. The van der Waals surface area contributed by atoms with Crippen molar-refractivity contribution in [1.29, 1.82) is 0 Å². The van der Waals surface area contributed by atoms with E-state index >= 15 is 0 Å². The van der Waals surface area contributed by atoms with Crippen molar-refractivity contribution in [3.8, 4) is 0 Å². The summed E-state index contributed by atoms with van der Waals surface area (Å²) < 4.78 is 0. The molecule has 0 spiro atoms. The maximum absolute atomic E-state index is 13.0. The van der Waals surface area contributed by atoms with Crippen LogP contribution in [0.25, 0.3) is 10.9 Å². The maximum Gasteiger partial charge on any atom is 0.256 e. The summed E-state index contributed by atoms with van der Waals surface area (Å²) in [5.41, 5.74) is 1.49. The topological polar surface area (TPSA) is 33.2 Å². The lowest BCUT2D eigenvalue weighted by atomic mass is 10.1. The average molecular weight is 383 g/mol. The summed E-state index contributed by atoms with van der Waals surface area (Å²) in [6, 6.07) is 17.7. The number of hydrogen-bond donors (Lipinski definition) is 0. The highest BCUT2D eigenvalue weighted by molar-refractivity contribution is 8.00. The molecule has 1 fully saturated rings. The zero-order chi connectivity index (χ0) is 17.9. The Kier molecular flexibility index (Phi) is 5.14. The van der Waals surface area contributed by atoms with Crippen LogP contribution in [-0.4, -0.2) is 34.1 Å². The Hall–Kier alpha value is -2.04. The van der Waals surface area contributed by atoms with Gasteiger partial charge in [-0.1, -0.05) is 29.8 Å². The second kappa shape index (κ2) is 7.68. The molecule has 1 aliphatic rings. The highest BCUT2D eigenvalue weighted by atomic mass is 35.5. The molecule has 0 aliphatic carbocycles. The standard InChI is InChI=1S/C21H19ClN2OS/c22-16-6-8-17(9-7-16)26-18-10-13-24(14-11-18)21(25)19-5-1-3-15-4-2-12-23-20(15)19/h1-9,12,18H,10-11,13-14H2. The van der Waals surface area contributed by atoms with Crippen molar-refractivity contribution in [2.45, 2.75) is 23.0 Å². The molecule has 1 aromatic heterocycles. The molecule has 2 heterocycles. The fourth-order valence-electron chi connectivity index (χ4n) is 3.33. The molecule has 0 radical (unpaired) electrons. The van der Waals surface area contributed by atoms with Gasteiger partial charge in [-0.3, -0.25) is 9.78 Å². The molecule has 1 amide bonds. The fraction of sp³-hybridized carbons (Fsp3) is 0.238. The zero-order valence-electron chi connectivity index (χ0n) is 14.3. The summed E-state index contributed by atoms with van der Waals surface area (Å²) in [5.74, 6) is 0.0873. The van der Waals surface area contributed by atoms with E-state index in [4.69, 9.17) is 11.6 Å². The van der Waals surface area contributed by atoms with E-state index < -0.39 is 0 Å². The van der Waals surface area contributed by atoms with Gasteiger partial charge in [-0.25, -0.2) is 0 Å². The molecule has 26 heavy (non-hydrogen) atoms. The third-order valence-electron chi connectivity index (χ3n) is 4.71. The van der Waals surface area contributed by atoms with E-state index in [0.717, 1.165) is 41.9 Å². The van der Waals surface area contributed by atoms with Crippen LogP contribution < -0.4 is 0 Å². The quantitative estimate of drug-likeness (QED) is 0.617. The largest absolute Gasteiger partial charge is 0.338 e. The van der Waals surface area contributed by atoms with Crippen LogP contribution in [0.15, 0.2) is 65.7 Å². The number of hydrogen-bond acceptors (Lipinski definition) is 3.